The van der Waals surface area contributed by atoms with Crippen LogP contribution in [0, 0.1) is 11.7 Å². The molecule has 1 fully saturated rings. The second-order valence-electron chi connectivity index (χ2n) is 6.84. The molecule has 2 amide bonds. The average molecular weight is 389 g/mol. The van der Waals surface area contributed by atoms with Gasteiger partial charge in [0.05, 0.1) is 10.6 Å². The van der Waals surface area contributed by atoms with Crippen LogP contribution in [0.3, 0.4) is 0 Å². The first-order valence-corrected chi connectivity index (χ1v) is 9.37. The number of halogens is 2. The average Bonchev–Trinajstić information content (AvgIpc) is 2.68. The summed E-state index contributed by atoms with van der Waals surface area (Å²) in [4.78, 5) is 28.6. The van der Waals surface area contributed by atoms with Gasteiger partial charge in [0.1, 0.15) is 5.82 Å². The van der Waals surface area contributed by atoms with E-state index in [-0.39, 0.29) is 22.4 Å². The third-order valence-electron chi connectivity index (χ3n) is 4.95. The largest absolute Gasteiger partial charge is 0.341 e. The minimum absolute atomic E-state index is 0.0786. The van der Waals surface area contributed by atoms with E-state index < -0.39 is 11.7 Å². The summed E-state index contributed by atoms with van der Waals surface area (Å²) in [6.07, 6.45) is 1.13. The molecule has 0 spiro atoms. The zero-order chi connectivity index (χ0) is 19.4. The lowest BCUT2D eigenvalue weighted by Gasteiger charge is -2.33. The minimum Gasteiger partial charge on any atom is -0.341 e. The summed E-state index contributed by atoms with van der Waals surface area (Å²) in [7, 11) is 1.80. The summed E-state index contributed by atoms with van der Waals surface area (Å²) in [5.74, 6) is -1.08. The molecule has 4 nitrogen and oxygen atoms in total. The summed E-state index contributed by atoms with van der Waals surface area (Å²) >= 11 is 5.99. The van der Waals surface area contributed by atoms with Gasteiger partial charge >= 0.3 is 0 Å². The SMILES string of the molecule is CN(Cc1ccccc1)C(=O)C1CCN(C(=O)c2c(F)cccc2Cl)CC1. The number of hydrogen-bond donors (Lipinski definition) is 0. The fourth-order valence-corrected chi connectivity index (χ4v) is 3.68. The molecule has 0 N–H and O–H groups in total. The number of rotatable bonds is 4. The van der Waals surface area contributed by atoms with Crippen LogP contribution in [0.25, 0.3) is 0 Å². The lowest BCUT2D eigenvalue weighted by Crippen LogP contribution is -2.43. The Bertz CT molecular complexity index is 800. The first-order chi connectivity index (χ1) is 13.0. The van der Waals surface area contributed by atoms with Crippen molar-refractivity contribution in [2.45, 2.75) is 19.4 Å². The Kier molecular flexibility index (Phi) is 6.11. The Balaban J connectivity index is 1.58. The van der Waals surface area contributed by atoms with E-state index in [9.17, 15) is 14.0 Å². The van der Waals surface area contributed by atoms with Gasteiger partial charge in [-0.05, 0) is 30.5 Å². The summed E-state index contributed by atoms with van der Waals surface area (Å²) in [6, 6.07) is 14.0. The molecule has 2 aromatic carbocycles. The van der Waals surface area contributed by atoms with Crippen molar-refractivity contribution in [2.75, 3.05) is 20.1 Å². The van der Waals surface area contributed by atoms with Gasteiger partial charge in [0, 0.05) is 32.6 Å². The van der Waals surface area contributed by atoms with Gasteiger partial charge in [0.25, 0.3) is 5.91 Å². The van der Waals surface area contributed by atoms with Crippen LogP contribution in [0.5, 0.6) is 0 Å². The molecule has 0 aromatic heterocycles. The minimum atomic E-state index is -0.617. The van der Waals surface area contributed by atoms with E-state index in [1.54, 1.807) is 16.8 Å². The summed E-state index contributed by atoms with van der Waals surface area (Å²) in [5, 5.41) is 0.112. The topological polar surface area (TPSA) is 40.6 Å². The molecule has 2 aromatic rings. The zero-order valence-electron chi connectivity index (χ0n) is 15.2. The highest BCUT2D eigenvalue weighted by Gasteiger charge is 2.31. The van der Waals surface area contributed by atoms with E-state index in [4.69, 9.17) is 11.6 Å². The second-order valence-corrected chi connectivity index (χ2v) is 7.25. The van der Waals surface area contributed by atoms with Crippen LogP contribution in [0.2, 0.25) is 5.02 Å². The Labute approximate surface area is 163 Å². The molecule has 1 saturated heterocycles. The van der Waals surface area contributed by atoms with E-state index in [2.05, 4.69) is 0 Å². The van der Waals surface area contributed by atoms with Gasteiger partial charge in [0.2, 0.25) is 5.91 Å². The summed E-state index contributed by atoms with van der Waals surface area (Å²) < 4.78 is 14.0. The number of nitrogens with zero attached hydrogens (tertiary/aromatic N) is 2. The Morgan fingerprint density at radius 1 is 1.11 bits per heavy atom. The third-order valence-corrected chi connectivity index (χ3v) is 5.26. The quantitative estimate of drug-likeness (QED) is 0.794. The van der Waals surface area contributed by atoms with Crippen molar-refractivity contribution in [3.8, 4) is 0 Å². The number of carbonyl (C=O) groups is 2. The van der Waals surface area contributed by atoms with Gasteiger partial charge in [-0.1, -0.05) is 48.0 Å². The van der Waals surface area contributed by atoms with Gasteiger partial charge in [-0.2, -0.15) is 0 Å². The normalized spacial score (nSPS) is 14.9. The molecule has 3 rings (SSSR count). The molecule has 0 atom stereocenters. The fourth-order valence-electron chi connectivity index (χ4n) is 3.44. The number of amides is 2. The highest BCUT2D eigenvalue weighted by Crippen LogP contribution is 2.25. The van der Waals surface area contributed by atoms with Crippen molar-refractivity contribution in [1.29, 1.82) is 0 Å². The van der Waals surface area contributed by atoms with E-state index in [0.29, 0.717) is 32.5 Å². The molecule has 6 heteroatoms. The molecule has 142 valence electrons. The highest BCUT2D eigenvalue weighted by molar-refractivity contribution is 6.33. The molecule has 27 heavy (non-hydrogen) atoms. The zero-order valence-corrected chi connectivity index (χ0v) is 16.0. The standard InChI is InChI=1S/C21H22ClFN2O2/c1-24(14-15-6-3-2-4-7-15)20(26)16-10-12-25(13-11-16)21(27)19-17(22)8-5-9-18(19)23/h2-9,16H,10-14H2,1H3. The molecule has 0 aliphatic carbocycles. The van der Waals surface area contributed by atoms with Crippen LogP contribution in [0.15, 0.2) is 48.5 Å². The van der Waals surface area contributed by atoms with Crippen molar-refractivity contribution >= 4 is 23.4 Å². The Morgan fingerprint density at radius 2 is 1.78 bits per heavy atom. The third kappa shape index (κ3) is 4.48. The number of piperidine rings is 1. The van der Waals surface area contributed by atoms with E-state index in [1.165, 1.54) is 18.2 Å². The molecule has 0 unspecified atom stereocenters. The number of likely N-dealkylation sites (tertiary alicyclic amines) is 1. The van der Waals surface area contributed by atoms with Crippen molar-refractivity contribution in [1.82, 2.24) is 9.80 Å². The van der Waals surface area contributed by atoms with E-state index >= 15 is 0 Å². The number of hydrogen-bond acceptors (Lipinski definition) is 2. The van der Waals surface area contributed by atoms with Crippen molar-refractivity contribution in [2.24, 2.45) is 5.92 Å². The molecule has 0 bridgehead atoms. The molecule has 0 saturated carbocycles. The monoisotopic (exact) mass is 388 g/mol. The van der Waals surface area contributed by atoms with Gasteiger partial charge in [0.15, 0.2) is 0 Å². The Morgan fingerprint density at radius 3 is 2.41 bits per heavy atom. The van der Waals surface area contributed by atoms with Gasteiger partial charge in [-0.15, -0.1) is 0 Å². The highest BCUT2D eigenvalue weighted by atomic mass is 35.5. The predicted octanol–water partition coefficient (Wildman–Crippen LogP) is 3.99. The molecular weight excluding hydrogens is 367 g/mol. The maximum Gasteiger partial charge on any atom is 0.258 e. The summed E-state index contributed by atoms with van der Waals surface area (Å²) in [6.45, 7) is 1.39. The van der Waals surface area contributed by atoms with Crippen LogP contribution in [-0.4, -0.2) is 41.8 Å². The maximum absolute atomic E-state index is 14.0. The summed E-state index contributed by atoms with van der Waals surface area (Å²) in [5.41, 5.74) is 0.986. The molecule has 1 heterocycles. The van der Waals surface area contributed by atoms with Crippen molar-refractivity contribution in [3.63, 3.8) is 0 Å². The Hall–Kier alpha value is -2.40. The van der Waals surface area contributed by atoms with Gasteiger partial charge < -0.3 is 9.80 Å². The molecule has 1 aliphatic heterocycles. The first kappa shape index (κ1) is 19.4. The lowest BCUT2D eigenvalue weighted by atomic mass is 9.94. The van der Waals surface area contributed by atoms with Crippen molar-refractivity contribution in [3.05, 3.63) is 70.5 Å². The first-order valence-electron chi connectivity index (χ1n) is 8.99. The van der Waals surface area contributed by atoms with E-state index in [0.717, 1.165) is 5.56 Å². The molecule has 1 aliphatic rings. The van der Waals surface area contributed by atoms with E-state index in [1.807, 2.05) is 30.3 Å². The van der Waals surface area contributed by atoms with Gasteiger partial charge in [-0.25, -0.2) is 4.39 Å². The molecule has 0 radical (unpaired) electrons. The molecular formula is C21H22ClFN2O2. The van der Waals surface area contributed by atoms with Crippen LogP contribution < -0.4 is 0 Å². The lowest BCUT2D eigenvalue weighted by molar-refractivity contribution is -0.136. The number of benzene rings is 2. The van der Waals surface area contributed by atoms with Crippen LogP contribution in [-0.2, 0) is 11.3 Å². The van der Waals surface area contributed by atoms with Crippen LogP contribution in [0.1, 0.15) is 28.8 Å². The second kappa shape index (κ2) is 8.53. The fraction of sp³-hybridized carbons (Fsp3) is 0.333. The van der Waals surface area contributed by atoms with Crippen LogP contribution >= 0.6 is 11.6 Å². The smallest absolute Gasteiger partial charge is 0.258 e. The maximum atomic E-state index is 14.0. The number of carbonyl (C=O) groups excluding carboxylic acids is 2. The van der Waals surface area contributed by atoms with Crippen LogP contribution in [0.4, 0.5) is 4.39 Å². The predicted molar refractivity (Wildman–Crippen MR) is 103 cm³/mol. The van der Waals surface area contributed by atoms with Crippen molar-refractivity contribution < 1.29 is 14.0 Å². The van der Waals surface area contributed by atoms with Gasteiger partial charge in [-0.3, -0.25) is 9.59 Å².